The molecule has 1 atom stereocenters. The van der Waals surface area contributed by atoms with Gasteiger partial charge >= 0.3 is 0 Å². The molecular formula is C24H31FN4O2. The van der Waals surface area contributed by atoms with Gasteiger partial charge in [0.15, 0.2) is 0 Å². The fourth-order valence-electron chi connectivity index (χ4n) is 4.64. The van der Waals surface area contributed by atoms with E-state index in [2.05, 4.69) is 17.1 Å². The maximum Gasteiger partial charge on any atom is 0.275 e. The van der Waals surface area contributed by atoms with E-state index in [1.807, 2.05) is 6.07 Å². The van der Waals surface area contributed by atoms with Gasteiger partial charge in [0.2, 0.25) is 5.91 Å². The number of piperidine rings is 1. The van der Waals surface area contributed by atoms with Gasteiger partial charge < -0.3 is 19.2 Å². The van der Waals surface area contributed by atoms with Gasteiger partial charge in [-0.05, 0) is 69.5 Å². The summed E-state index contributed by atoms with van der Waals surface area (Å²) in [5, 5.41) is 2.99. The molecule has 3 heterocycles. The molecule has 1 amide bonds. The van der Waals surface area contributed by atoms with Crippen LogP contribution in [-0.4, -0.2) is 45.5 Å². The van der Waals surface area contributed by atoms with E-state index >= 15 is 0 Å². The number of fused-ring (bicyclic) bond motifs is 3. The molecule has 1 aliphatic rings. The van der Waals surface area contributed by atoms with Crippen LogP contribution in [0.15, 0.2) is 41.3 Å². The zero-order valence-corrected chi connectivity index (χ0v) is 18.1. The standard InChI is InChI=1S/C24H31FN4O2/c1-18-7-2-3-13-27(18)14-6-12-26-23(30)9-5-16-29-22-17-19(25)10-11-20(22)28-15-4-8-21(28)24(29)31/h4,8,10-11,15,17-18H,2-3,5-7,9,12-14,16H2,1H3,(H,26,30)/t18-/m1/s1. The fraction of sp³-hybridized carbons (Fsp3) is 0.500. The minimum atomic E-state index is -0.382. The van der Waals surface area contributed by atoms with Gasteiger partial charge in [-0.15, -0.1) is 0 Å². The van der Waals surface area contributed by atoms with Gasteiger partial charge in [0.05, 0.1) is 11.0 Å². The van der Waals surface area contributed by atoms with Crippen molar-refractivity contribution in [3.8, 4) is 0 Å². The van der Waals surface area contributed by atoms with Crippen molar-refractivity contribution in [3.63, 3.8) is 0 Å². The summed E-state index contributed by atoms with van der Waals surface area (Å²) < 4.78 is 17.2. The minimum Gasteiger partial charge on any atom is -0.356 e. The Balaban J connectivity index is 1.32. The van der Waals surface area contributed by atoms with E-state index in [4.69, 9.17) is 0 Å². The molecule has 6 nitrogen and oxygen atoms in total. The van der Waals surface area contributed by atoms with E-state index in [1.165, 1.54) is 31.4 Å². The van der Waals surface area contributed by atoms with Crippen LogP contribution in [0.2, 0.25) is 0 Å². The summed E-state index contributed by atoms with van der Waals surface area (Å²) in [7, 11) is 0. The first-order valence-electron chi connectivity index (χ1n) is 11.3. The third-order valence-corrected chi connectivity index (χ3v) is 6.37. The molecule has 7 heteroatoms. The van der Waals surface area contributed by atoms with Crippen LogP contribution in [0.25, 0.3) is 16.6 Å². The van der Waals surface area contributed by atoms with Crippen LogP contribution in [0, 0.1) is 5.82 Å². The smallest absolute Gasteiger partial charge is 0.275 e. The average Bonchev–Trinajstić information content (AvgIpc) is 3.25. The second kappa shape index (κ2) is 9.64. The summed E-state index contributed by atoms with van der Waals surface area (Å²) in [5.41, 5.74) is 1.71. The molecule has 1 saturated heterocycles. The molecule has 166 valence electrons. The van der Waals surface area contributed by atoms with Crippen molar-refractivity contribution in [2.24, 2.45) is 0 Å². The van der Waals surface area contributed by atoms with Crippen LogP contribution >= 0.6 is 0 Å². The monoisotopic (exact) mass is 426 g/mol. The summed E-state index contributed by atoms with van der Waals surface area (Å²) in [5.74, 6) is -0.382. The van der Waals surface area contributed by atoms with Crippen molar-refractivity contribution < 1.29 is 9.18 Å². The van der Waals surface area contributed by atoms with Gasteiger partial charge in [-0.2, -0.15) is 0 Å². The third kappa shape index (κ3) is 4.82. The third-order valence-electron chi connectivity index (χ3n) is 6.37. The quantitative estimate of drug-likeness (QED) is 0.561. The Kier molecular flexibility index (Phi) is 6.70. The molecule has 2 aromatic heterocycles. The van der Waals surface area contributed by atoms with Crippen molar-refractivity contribution in [2.45, 2.75) is 58.0 Å². The van der Waals surface area contributed by atoms with Crippen LogP contribution in [0.1, 0.15) is 45.4 Å². The Bertz CT molecular complexity index is 1120. The Morgan fingerprint density at radius 1 is 1.13 bits per heavy atom. The molecule has 1 fully saturated rings. The SMILES string of the molecule is C[C@@H]1CCCCN1CCCNC(=O)CCCn1c(=O)c2cccn2c2ccc(F)cc21. The number of carbonyl (C=O) groups is 1. The van der Waals surface area contributed by atoms with Crippen molar-refractivity contribution in [2.75, 3.05) is 19.6 Å². The Morgan fingerprint density at radius 2 is 2.00 bits per heavy atom. The number of benzene rings is 1. The highest BCUT2D eigenvalue weighted by Crippen LogP contribution is 2.18. The lowest BCUT2D eigenvalue weighted by Crippen LogP contribution is -2.39. The molecule has 0 saturated carbocycles. The topological polar surface area (TPSA) is 58.8 Å². The highest BCUT2D eigenvalue weighted by Gasteiger charge is 2.17. The molecule has 1 aromatic carbocycles. The second-order valence-corrected chi connectivity index (χ2v) is 8.54. The van der Waals surface area contributed by atoms with E-state index in [9.17, 15) is 14.0 Å². The van der Waals surface area contributed by atoms with E-state index in [-0.39, 0.29) is 17.3 Å². The van der Waals surface area contributed by atoms with Gasteiger partial charge in [-0.1, -0.05) is 6.42 Å². The van der Waals surface area contributed by atoms with Gasteiger partial charge in [0, 0.05) is 38.3 Å². The highest BCUT2D eigenvalue weighted by molar-refractivity contribution is 5.79. The number of nitrogens with one attached hydrogen (secondary N) is 1. The predicted octanol–water partition coefficient (Wildman–Crippen LogP) is 3.55. The number of hydrogen-bond donors (Lipinski definition) is 1. The molecule has 0 spiro atoms. The maximum absolute atomic E-state index is 13.9. The molecule has 1 N–H and O–H groups in total. The summed E-state index contributed by atoms with van der Waals surface area (Å²) in [6, 6.07) is 8.68. The molecule has 3 aromatic rings. The summed E-state index contributed by atoms with van der Waals surface area (Å²) >= 11 is 0. The average molecular weight is 427 g/mol. The second-order valence-electron chi connectivity index (χ2n) is 8.54. The van der Waals surface area contributed by atoms with Gasteiger partial charge in [-0.3, -0.25) is 9.59 Å². The van der Waals surface area contributed by atoms with Crippen molar-refractivity contribution in [1.29, 1.82) is 0 Å². The number of amides is 1. The molecule has 0 aliphatic carbocycles. The summed E-state index contributed by atoms with van der Waals surface area (Å²) in [4.78, 5) is 27.6. The Labute approximate surface area is 181 Å². The molecule has 31 heavy (non-hydrogen) atoms. The molecular weight excluding hydrogens is 395 g/mol. The lowest BCUT2D eigenvalue weighted by atomic mass is 10.0. The lowest BCUT2D eigenvalue weighted by molar-refractivity contribution is -0.121. The van der Waals surface area contributed by atoms with Crippen molar-refractivity contribution in [3.05, 3.63) is 52.7 Å². The number of halogens is 1. The fourth-order valence-corrected chi connectivity index (χ4v) is 4.64. The van der Waals surface area contributed by atoms with Crippen LogP contribution in [0.5, 0.6) is 0 Å². The van der Waals surface area contributed by atoms with E-state index in [0.717, 1.165) is 25.0 Å². The molecule has 1 aliphatic heterocycles. The van der Waals surface area contributed by atoms with Crippen LogP contribution in [0.4, 0.5) is 4.39 Å². The van der Waals surface area contributed by atoms with Gasteiger partial charge in [0.1, 0.15) is 11.3 Å². The number of nitrogens with zero attached hydrogens (tertiary/aromatic N) is 3. The first kappa shape index (κ1) is 21.6. The largest absolute Gasteiger partial charge is 0.356 e. The molecule has 0 bridgehead atoms. The van der Waals surface area contributed by atoms with Crippen molar-refractivity contribution >= 4 is 22.5 Å². The first-order valence-corrected chi connectivity index (χ1v) is 11.3. The summed E-state index contributed by atoms with van der Waals surface area (Å²) in [6.45, 7) is 5.50. The number of rotatable bonds is 8. The van der Waals surface area contributed by atoms with Crippen LogP contribution in [0.3, 0.4) is 0 Å². The first-order chi connectivity index (χ1) is 15.0. The lowest BCUT2D eigenvalue weighted by Gasteiger charge is -2.33. The number of aryl methyl sites for hydroxylation is 1. The number of hydrogen-bond acceptors (Lipinski definition) is 3. The number of carbonyl (C=O) groups excluding carboxylic acids is 1. The predicted molar refractivity (Wildman–Crippen MR) is 121 cm³/mol. The normalized spacial score (nSPS) is 17.4. The van der Waals surface area contributed by atoms with Gasteiger partial charge in [-0.25, -0.2) is 4.39 Å². The van der Waals surface area contributed by atoms with E-state index in [0.29, 0.717) is 43.0 Å². The summed E-state index contributed by atoms with van der Waals surface area (Å²) in [6.07, 6.45) is 7.47. The van der Waals surface area contributed by atoms with Crippen LogP contribution in [-0.2, 0) is 11.3 Å². The molecule has 4 rings (SSSR count). The molecule has 0 unspecified atom stereocenters. The van der Waals surface area contributed by atoms with E-state index < -0.39 is 0 Å². The minimum absolute atomic E-state index is 0.000933. The zero-order valence-electron chi connectivity index (χ0n) is 18.1. The number of likely N-dealkylation sites (tertiary alicyclic amines) is 1. The highest BCUT2D eigenvalue weighted by atomic mass is 19.1. The van der Waals surface area contributed by atoms with Gasteiger partial charge in [0.25, 0.3) is 5.56 Å². The van der Waals surface area contributed by atoms with Crippen molar-refractivity contribution in [1.82, 2.24) is 19.2 Å². The molecule has 0 radical (unpaired) electrons. The maximum atomic E-state index is 13.9. The van der Waals surface area contributed by atoms with Crippen LogP contribution < -0.4 is 10.9 Å². The van der Waals surface area contributed by atoms with E-state index in [1.54, 1.807) is 27.3 Å². The number of aromatic nitrogens is 2. The Morgan fingerprint density at radius 3 is 2.84 bits per heavy atom. The zero-order chi connectivity index (χ0) is 21.8. The Hall–Kier alpha value is -2.67.